The van der Waals surface area contributed by atoms with Crippen molar-refractivity contribution in [2.24, 2.45) is 19.5 Å². The number of hydrogen-bond donors (Lipinski definition) is 3. The van der Waals surface area contributed by atoms with E-state index in [9.17, 15) is 19.5 Å². The molecule has 8 nitrogen and oxygen atoms in total. The minimum absolute atomic E-state index is 0.105. The van der Waals surface area contributed by atoms with Gasteiger partial charge < -0.3 is 24.9 Å². The fourth-order valence-electron chi connectivity index (χ4n) is 7.26. The van der Waals surface area contributed by atoms with Gasteiger partial charge in [-0.2, -0.15) is 0 Å². The van der Waals surface area contributed by atoms with E-state index in [2.05, 4.69) is 72.5 Å². The maximum absolute atomic E-state index is 11.9. The standard InChI is InChI=1S/C25H32N2O3.C23H28N2O.C2H6.C2H4/c1-7-10-20(25(13-14-25)24(29)30)12-9-11-17(3)22-16-27(6)23(8-2)21(22)15-18(4)26-19(5)28;1-9-22-20(12-17(6)24-14(2)3)21(13-25(22)8)19-10-15(4)23(18(7)26)16(5)11-19;2*1-2/h8-12,15-16H,4,7,13-14H2,1-3,5-6H3,(H,26,28)(H,29,30);9-13,24H,2,6H2,1,3-5,7-8H3;1-2H3;1-2H2/b12-9-,17-11+,20-10-,21-15-,23-8+;20-12-,22-9+;;. The Morgan fingerprint density at radius 1 is 0.833 bits per heavy atom. The number of carbonyl (C=O) groups excluding carboxylic acids is 2. The summed E-state index contributed by atoms with van der Waals surface area (Å²) in [5.41, 5.74) is 9.45. The Kier molecular flexibility index (Phi) is 20.8. The molecule has 1 amide bonds. The molecule has 1 aromatic carbocycles. The normalized spacial score (nSPS) is 14.3. The molecule has 8 heteroatoms. The number of allylic oxidation sites excluding steroid dienone is 8. The van der Waals surface area contributed by atoms with Gasteiger partial charge in [-0.3, -0.25) is 14.4 Å². The number of amides is 1. The molecule has 2 aromatic heterocycles. The van der Waals surface area contributed by atoms with Crippen molar-refractivity contribution in [3.63, 3.8) is 0 Å². The quantitative estimate of drug-likeness (QED) is 0.0909. The SMILES string of the molecule is C=C.C=C(/C=c1/c(/C(C)=C/C=C\C(=C\CC)C2(C(=O)O)CC2)cn(C)/c1=C/C)NC(C)=O.C=C(C)NC(=C)/C=c1/c(-c2cc(C)c(C(C)=O)c(C)c2)cn(C)/c1=C/C.CC. The molecule has 60 heavy (non-hydrogen) atoms. The van der Waals surface area contributed by atoms with E-state index >= 15 is 0 Å². The van der Waals surface area contributed by atoms with Crippen LogP contribution in [0, 0.1) is 19.3 Å². The van der Waals surface area contributed by atoms with E-state index in [0.29, 0.717) is 18.5 Å². The summed E-state index contributed by atoms with van der Waals surface area (Å²) < 4.78 is 4.15. The van der Waals surface area contributed by atoms with E-state index in [4.69, 9.17) is 0 Å². The Morgan fingerprint density at radius 2 is 1.33 bits per heavy atom. The van der Waals surface area contributed by atoms with Crippen molar-refractivity contribution in [3.8, 4) is 11.1 Å². The lowest BCUT2D eigenvalue weighted by Crippen LogP contribution is -2.30. The lowest BCUT2D eigenvalue weighted by molar-refractivity contribution is -0.141. The molecule has 0 saturated heterocycles. The predicted molar refractivity (Wildman–Crippen MR) is 257 cm³/mol. The molecule has 1 saturated carbocycles. The number of benzene rings is 1. The molecule has 0 aliphatic heterocycles. The topological polar surface area (TPSA) is 105 Å². The van der Waals surface area contributed by atoms with Crippen molar-refractivity contribution >= 4 is 47.5 Å². The van der Waals surface area contributed by atoms with Crippen molar-refractivity contribution in [2.45, 2.75) is 95.4 Å². The molecule has 0 bridgehead atoms. The smallest absolute Gasteiger partial charge is 0.314 e. The minimum Gasteiger partial charge on any atom is -0.481 e. The van der Waals surface area contributed by atoms with Crippen LogP contribution in [0.1, 0.15) is 109 Å². The third-order valence-electron chi connectivity index (χ3n) is 9.81. The maximum atomic E-state index is 11.9. The number of carbonyl (C=O) groups is 3. The summed E-state index contributed by atoms with van der Waals surface area (Å²) in [6, 6.07) is 4.18. The van der Waals surface area contributed by atoms with E-state index in [1.165, 1.54) is 6.92 Å². The highest BCUT2D eigenvalue weighted by Gasteiger charge is 2.52. The molecule has 0 radical (unpaired) electrons. The Hall–Kier alpha value is -6.15. The van der Waals surface area contributed by atoms with Gasteiger partial charge >= 0.3 is 5.97 Å². The van der Waals surface area contributed by atoms with Crippen molar-refractivity contribution in [3.05, 3.63) is 148 Å². The second-order valence-corrected chi connectivity index (χ2v) is 14.6. The van der Waals surface area contributed by atoms with E-state index in [-0.39, 0.29) is 11.7 Å². The molecule has 1 aliphatic carbocycles. The molecule has 4 rings (SSSR count). The molecule has 3 N–H and O–H groups in total. The van der Waals surface area contributed by atoms with Crippen LogP contribution in [0.2, 0.25) is 0 Å². The number of aryl methyl sites for hydroxylation is 4. The van der Waals surface area contributed by atoms with E-state index in [0.717, 1.165) is 83.5 Å². The van der Waals surface area contributed by atoms with E-state index in [1.807, 2.05) is 130 Å². The fourth-order valence-corrected chi connectivity index (χ4v) is 7.26. The maximum Gasteiger partial charge on any atom is 0.314 e. The molecule has 0 spiro atoms. The Bertz CT molecular complexity index is 2420. The van der Waals surface area contributed by atoms with E-state index < -0.39 is 11.4 Å². The molecular formula is C52H70N4O4. The summed E-state index contributed by atoms with van der Waals surface area (Å²) in [6.07, 6.45) is 22.2. The van der Waals surface area contributed by atoms with Crippen LogP contribution < -0.4 is 31.8 Å². The molecule has 0 unspecified atom stereocenters. The number of Topliss-reactive ketones (excluding diaryl/α,β-unsaturated/α-hetero) is 1. The molecule has 3 aromatic rings. The average Bonchev–Trinajstić information content (AvgIpc) is 3.85. The second kappa shape index (κ2) is 24.1. The zero-order chi connectivity index (χ0) is 46.1. The summed E-state index contributed by atoms with van der Waals surface area (Å²) in [5, 5.41) is 19.7. The van der Waals surface area contributed by atoms with Crippen molar-refractivity contribution in [1.82, 2.24) is 19.8 Å². The van der Waals surface area contributed by atoms with Crippen LogP contribution in [0.4, 0.5) is 0 Å². The third kappa shape index (κ3) is 13.4. The zero-order valence-corrected chi connectivity index (χ0v) is 38.7. The van der Waals surface area contributed by atoms with Gasteiger partial charge in [0, 0.05) is 88.3 Å². The summed E-state index contributed by atoms with van der Waals surface area (Å²) in [4.78, 5) is 34.9. The van der Waals surface area contributed by atoms with Gasteiger partial charge in [-0.05, 0) is 108 Å². The number of aliphatic carboxylic acids is 1. The first kappa shape index (κ1) is 51.9. The zero-order valence-electron chi connectivity index (χ0n) is 38.7. The lowest BCUT2D eigenvalue weighted by atomic mass is 9.94. The first-order valence-electron chi connectivity index (χ1n) is 20.5. The molecule has 1 fully saturated rings. The fraction of sp³-hybridized carbons (Fsp3) is 0.327. The van der Waals surface area contributed by atoms with Gasteiger partial charge in [-0.25, -0.2) is 0 Å². The second-order valence-electron chi connectivity index (χ2n) is 14.6. The van der Waals surface area contributed by atoms with Gasteiger partial charge in [0.25, 0.3) is 0 Å². The number of nitrogens with one attached hydrogen (secondary N) is 2. The molecule has 1 aliphatic rings. The first-order chi connectivity index (χ1) is 28.3. The lowest BCUT2D eigenvalue weighted by Gasteiger charge is -2.10. The van der Waals surface area contributed by atoms with Crippen LogP contribution >= 0.6 is 0 Å². The molecule has 2 heterocycles. The first-order valence-corrected chi connectivity index (χ1v) is 20.5. The number of nitrogens with zero attached hydrogens (tertiary/aromatic N) is 2. The van der Waals surface area contributed by atoms with Gasteiger partial charge in [-0.15, -0.1) is 13.2 Å². The molecule has 322 valence electrons. The van der Waals surface area contributed by atoms with Crippen LogP contribution in [-0.2, 0) is 23.7 Å². The van der Waals surface area contributed by atoms with E-state index in [1.54, 1.807) is 6.92 Å². The summed E-state index contributed by atoms with van der Waals surface area (Å²) in [5.74, 6) is -0.797. The summed E-state index contributed by atoms with van der Waals surface area (Å²) in [7, 11) is 4.01. The molecular weight excluding hydrogens is 745 g/mol. The van der Waals surface area contributed by atoms with Gasteiger partial charge in [-0.1, -0.05) is 89.1 Å². The minimum atomic E-state index is -0.743. The number of aromatic nitrogens is 2. The Balaban J connectivity index is 0.000000559. The van der Waals surface area contributed by atoms with Crippen LogP contribution in [0.25, 0.3) is 41.0 Å². The van der Waals surface area contributed by atoms with Gasteiger partial charge in [0.05, 0.1) is 5.41 Å². The highest BCUT2D eigenvalue weighted by Crippen LogP contribution is 2.52. The van der Waals surface area contributed by atoms with Crippen LogP contribution in [0.15, 0.2) is 104 Å². The van der Waals surface area contributed by atoms with Crippen molar-refractivity contribution < 1.29 is 19.5 Å². The largest absolute Gasteiger partial charge is 0.481 e. The number of rotatable bonds is 13. The highest BCUT2D eigenvalue weighted by atomic mass is 16.4. The summed E-state index contributed by atoms with van der Waals surface area (Å²) in [6.45, 7) is 38.9. The number of ketones is 1. The monoisotopic (exact) mass is 815 g/mol. The van der Waals surface area contributed by atoms with Crippen LogP contribution in [0.3, 0.4) is 0 Å². The number of hydrogen-bond acceptors (Lipinski definition) is 4. The van der Waals surface area contributed by atoms with Gasteiger partial charge in [0.15, 0.2) is 5.78 Å². The Labute approximate surface area is 359 Å². The Morgan fingerprint density at radius 3 is 1.78 bits per heavy atom. The third-order valence-corrected chi connectivity index (χ3v) is 9.81. The number of carboxylic acid groups (broad SMARTS) is 1. The predicted octanol–water partition coefficient (Wildman–Crippen LogP) is 8.97. The average molecular weight is 815 g/mol. The summed E-state index contributed by atoms with van der Waals surface area (Å²) >= 11 is 0. The van der Waals surface area contributed by atoms with Crippen LogP contribution in [0.5, 0.6) is 0 Å². The number of carboxylic acids is 1. The van der Waals surface area contributed by atoms with Gasteiger partial charge in [0.2, 0.25) is 5.91 Å². The van der Waals surface area contributed by atoms with Gasteiger partial charge in [0.1, 0.15) is 0 Å². The highest BCUT2D eigenvalue weighted by molar-refractivity contribution is 5.97. The van der Waals surface area contributed by atoms with Crippen molar-refractivity contribution in [1.29, 1.82) is 0 Å². The molecule has 0 atom stereocenters. The van der Waals surface area contributed by atoms with Crippen molar-refractivity contribution in [2.75, 3.05) is 0 Å². The van der Waals surface area contributed by atoms with Crippen LogP contribution in [-0.4, -0.2) is 31.9 Å².